The summed E-state index contributed by atoms with van der Waals surface area (Å²) in [6.45, 7) is 4.30. The first-order valence-corrected chi connectivity index (χ1v) is 6.99. The van der Waals surface area contributed by atoms with Crippen molar-refractivity contribution < 1.29 is 0 Å². The quantitative estimate of drug-likeness (QED) is 0.914. The lowest BCUT2D eigenvalue weighted by atomic mass is 9.98. The molecule has 0 amide bonds. The number of nitrogens with zero attached hydrogens (tertiary/aromatic N) is 3. The Morgan fingerprint density at radius 1 is 1.37 bits per heavy atom. The third-order valence-electron chi connectivity index (χ3n) is 3.94. The van der Waals surface area contributed by atoms with E-state index in [9.17, 15) is 0 Å². The van der Waals surface area contributed by atoms with Crippen LogP contribution in [0.2, 0.25) is 0 Å². The van der Waals surface area contributed by atoms with Crippen LogP contribution in [-0.4, -0.2) is 21.1 Å². The van der Waals surface area contributed by atoms with Crippen molar-refractivity contribution in [2.45, 2.75) is 38.3 Å². The summed E-state index contributed by atoms with van der Waals surface area (Å²) in [5, 5.41) is 3.62. The molecule has 2 atom stereocenters. The van der Waals surface area contributed by atoms with E-state index in [-0.39, 0.29) is 0 Å². The molecule has 0 spiro atoms. The Kier molecular flexibility index (Phi) is 3.60. The summed E-state index contributed by atoms with van der Waals surface area (Å²) < 4.78 is 2.28. The van der Waals surface area contributed by atoms with Gasteiger partial charge in [0.25, 0.3) is 0 Å². The standard InChI is InChI=1S/C15H20N4/c1-12(13-4-6-16-7-5-13)18-11-14-3-2-9-19-10-8-17-15(14)19/h4-8,10,12,14,18H,2-3,9,11H2,1H3/t12-,14-/m1/s1. The molecule has 2 aromatic heterocycles. The summed E-state index contributed by atoms with van der Waals surface area (Å²) in [7, 11) is 0. The van der Waals surface area contributed by atoms with Crippen molar-refractivity contribution in [3.63, 3.8) is 0 Å². The molecule has 0 unspecified atom stereocenters. The minimum Gasteiger partial charge on any atom is -0.335 e. The molecule has 4 nitrogen and oxygen atoms in total. The molecule has 0 saturated carbocycles. The molecule has 19 heavy (non-hydrogen) atoms. The van der Waals surface area contributed by atoms with Gasteiger partial charge in [-0.3, -0.25) is 4.98 Å². The van der Waals surface area contributed by atoms with Gasteiger partial charge in [0, 0.05) is 49.8 Å². The molecule has 0 aromatic carbocycles. The average Bonchev–Trinajstić information content (AvgIpc) is 2.94. The molecule has 3 heterocycles. The largest absolute Gasteiger partial charge is 0.335 e. The summed E-state index contributed by atoms with van der Waals surface area (Å²) >= 11 is 0. The van der Waals surface area contributed by atoms with Crippen LogP contribution in [0.4, 0.5) is 0 Å². The van der Waals surface area contributed by atoms with Crippen LogP contribution in [0.1, 0.15) is 43.1 Å². The van der Waals surface area contributed by atoms with E-state index < -0.39 is 0 Å². The molecule has 1 aliphatic rings. The van der Waals surface area contributed by atoms with Gasteiger partial charge in [0.05, 0.1) is 0 Å². The molecular formula is C15H20N4. The fourth-order valence-corrected chi connectivity index (χ4v) is 2.79. The fourth-order valence-electron chi connectivity index (χ4n) is 2.79. The van der Waals surface area contributed by atoms with Crippen LogP contribution >= 0.6 is 0 Å². The lowest BCUT2D eigenvalue weighted by molar-refractivity contribution is 0.408. The Morgan fingerprint density at radius 2 is 2.21 bits per heavy atom. The number of aryl methyl sites for hydroxylation is 1. The first-order chi connectivity index (χ1) is 9.34. The Hall–Kier alpha value is -1.68. The second kappa shape index (κ2) is 5.53. The van der Waals surface area contributed by atoms with Gasteiger partial charge in [0.2, 0.25) is 0 Å². The van der Waals surface area contributed by atoms with Crippen LogP contribution in [0, 0.1) is 0 Å². The van der Waals surface area contributed by atoms with Gasteiger partial charge >= 0.3 is 0 Å². The maximum absolute atomic E-state index is 4.50. The van der Waals surface area contributed by atoms with Gasteiger partial charge in [0.15, 0.2) is 0 Å². The van der Waals surface area contributed by atoms with Crippen molar-refractivity contribution in [1.29, 1.82) is 0 Å². The zero-order valence-corrected chi connectivity index (χ0v) is 11.3. The molecule has 0 radical (unpaired) electrons. The minimum absolute atomic E-state index is 0.355. The molecule has 0 saturated heterocycles. The minimum atomic E-state index is 0.355. The zero-order valence-electron chi connectivity index (χ0n) is 11.3. The Balaban J connectivity index is 1.62. The number of imidazole rings is 1. The summed E-state index contributed by atoms with van der Waals surface area (Å²) in [6, 6.07) is 4.49. The molecule has 3 rings (SSSR count). The second-order valence-electron chi connectivity index (χ2n) is 5.23. The van der Waals surface area contributed by atoms with Crippen LogP contribution in [0.25, 0.3) is 0 Å². The maximum Gasteiger partial charge on any atom is 0.113 e. The lowest BCUT2D eigenvalue weighted by Gasteiger charge is -2.25. The summed E-state index contributed by atoms with van der Waals surface area (Å²) in [5.74, 6) is 1.77. The van der Waals surface area contributed by atoms with Crippen LogP contribution in [0.5, 0.6) is 0 Å². The molecule has 2 aromatic rings. The third-order valence-corrected chi connectivity index (χ3v) is 3.94. The van der Waals surface area contributed by atoms with E-state index >= 15 is 0 Å². The lowest BCUT2D eigenvalue weighted by Crippen LogP contribution is -2.28. The van der Waals surface area contributed by atoms with Gasteiger partial charge in [0.1, 0.15) is 5.82 Å². The van der Waals surface area contributed by atoms with Gasteiger partial charge in [-0.2, -0.15) is 0 Å². The van der Waals surface area contributed by atoms with Crippen molar-refractivity contribution in [2.75, 3.05) is 6.54 Å². The third kappa shape index (κ3) is 2.68. The van der Waals surface area contributed by atoms with E-state index in [1.165, 1.54) is 24.2 Å². The zero-order chi connectivity index (χ0) is 13.1. The van der Waals surface area contributed by atoms with E-state index in [2.05, 4.69) is 45.1 Å². The summed E-state index contributed by atoms with van der Waals surface area (Å²) in [4.78, 5) is 8.56. The molecule has 100 valence electrons. The Bertz CT molecular complexity index is 520. The number of aromatic nitrogens is 3. The monoisotopic (exact) mass is 256 g/mol. The van der Waals surface area contributed by atoms with Gasteiger partial charge < -0.3 is 9.88 Å². The molecule has 0 fully saturated rings. The molecule has 1 aliphatic heterocycles. The predicted molar refractivity (Wildman–Crippen MR) is 74.9 cm³/mol. The van der Waals surface area contributed by atoms with E-state index in [0.29, 0.717) is 12.0 Å². The van der Waals surface area contributed by atoms with Gasteiger partial charge in [-0.05, 0) is 37.5 Å². The first-order valence-electron chi connectivity index (χ1n) is 6.99. The molecule has 4 heteroatoms. The number of hydrogen-bond acceptors (Lipinski definition) is 3. The van der Waals surface area contributed by atoms with Crippen LogP contribution in [0.15, 0.2) is 36.9 Å². The number of nitrogens with one attached hydrogen (secondary N) is 1. The SMILES string of the molecule is C[C@@H](NC[C@H]1CCCn2ccnc21)c1ccncc1. The van der Waals surface area contributed by atoms with Crippen molar-refractivity contribution in [3.05, 3.63) is 48.3 Å². The highest BCUT2D eigenvalue weighted by atomic mass is 15.1. The average molecular weight is 256 g/mol. The second-order valence-corrected chi connectivity index (χ2v) is 5.23. The topological polar surface area (TPSA) is 42.7 Å². The maximum atomic E-state index is 4.50. The Morgan fingerprint density at radius 3 is 3.05 bits per heavy atom. The molecular weight excluding hydrogens is 236 g/mol. The van der Waals surface area contributed by atoms with Crippen LogP contribution in [0.3, 0.4) is 0 Å². The van der Waals surface area contributed by atoms with E-state index in [0.717, 1.165) is 13.1 Å². The fraction of sp³-hybridized carbons (Fsp3) is 0.467. The number of pyridine rings is 1. The highest BCUT2D eigenvalue weighted by Gasteiger charge is 2.21. The first kappa shape index (κ1) is 12.4. The van der Waals surface area contributed by atoms with E-state index in [1.54, 1.807) is 0 Å². The summed E-state index contributed by atoms with van der Waals surface area (Å²) in [5.41, 5.74) is 1.29. The van der Waals surface area contributed by atoms with Gasteiger partial charge in [-0.25, -0.2) is 4.98 Å². The van der Waals surface area contributed by atoms with Crippen LogP contribution in [-0.2, 0) is 6.54 Å². The van der Waals surface area contributed by atoms with Crippen molar-refractivity contribution >= 4 is 0 Å². The van der Waals surface area contributed by atoms with E-state index in [4.69, 9.17) is 0 Å². The van der Waals surface area contributed by atoms with Gasteiger partial charge in [-0.1, -0.05) is 0 Å². The van der Waals surface area contributed by atoms with Gasteiger partial charge in [-0.15, -0.1) is 0 Å². The molecule has 0 aliphatic carbocycles. The van der Waals surface area contributed by atoms with E-state index in [1.807, 2.05) is 18.6 Å². The normalized spacial score (nSPS) is 19.9. The van der Waals surface area contributed by atoms with Crippen LogP contribution < -0.4 is 5.32 Å². The van der Waals surface area contributed by atoms with Crippen molar-refractivity contribution in [2.24, 2.45) is 0 Å². The highest BCUT2D eigenvalue weighted by Crippen LogP contribution is 2.25. The van der Waals surface area contributed by atoms with Crippen molar-refractivity contribution in [3.8, 4) is 0 Å². The number of hydrogen-bond donors (Lipinski definition) is 1. The summed E-state index contributed by atoms with van der Waals surface area (Å²) in [6.07, 6.45) is 10.2. The molecule has 1 N–H and O–H groups in total. The Labute approximate surface area is 113 Å². The number of rotatable bonds is 4. The number of fused-ring (bicyclic) bond motifs is 1. The van der Waals surface area contributed by atoms with Crippen molar-refractivity contribution in [1.82, 2.24) is 19.9 Å². The highest BCUT2D eigenvalue weighted by molar-refractivity contribution is 5.14. The molecule has 0 bridgehead atoms. The smallest absolute Gasteiger partial charge is 0.113 e. The predicted octanol–water partition coefficient (Wildman–Crippen LogP) is 2.51.